The lowest BCUT2D eigenvalue weighted by Gasteiger charge is -2.38. The van der Waals surface area contributed by atoms with Crippen molar-refractivity contribution in [2.45, 2.75) is 58.2 Å². The molecule has 5 nitrogen and oxygen atoms in total. The monoisotopic (exact) mass is 299 g/mol. The van der Waals surface area contributed by atoms with Crippen LogP contribution >= 0.6 is 11.6 Å². The largest absolute Gasteiger partial charge is 0.388 e. The summed E-state index contributed by atoms with van der Waals surface area (Å²) in [5.41, 5.74) is -1.64. The maximum absolute atomic E-state index is 12.4. The molecule has 0 aromatic carbocycles. The molecule has 0 saturated heterocycles. The maximum Gasteiger partial charge on any atom is 0.291 e. The van der Waals surface area contributed by atoms with Crippen LogP contribution in [0, 0.1) is 5.92 Å². The van der Waals surface area contributed by atoms with Gasteiger partial charge in [-0.05, 0) is 46.5 Å². The molecule has 1 aromatic heterocycles. The second-order valence-corrected chi connectivity index (χ2v) is 7.01. The lowest BCUT2D eigenvalue weighted by molar-refractivity contribution is 0.0240. The van der Waals surface area contributed by atoms with E-state index in [-0.39, 0.29) is 10.6 Å². The SMILES string of the molecule is CC(C)(O)C(C)(C)Nc1c(Cl)cnn(CC2CC2)c1=O. The lowest BCUT2D eigenvalue weighted by Crippen LogP contribution is -2.52. The van der Waals surface area contributed by atoms with Crippen LogP contribution in [-0.2, 0) is 6.54 Å². The second kappa shape index (κ2) is 5.04. The van der Waals surface area contributed by atoms with Gasteiger partial charge in [-0.15, -0.1) is 0 Å². The fourth-order valence-electron chi connectivity index (χ4n) is 1.72. The molecule has 0 bridgehead atoms. The molecule has 1 saturated carbocycles. The molecule has 0 unspecified atom stereocenters. The van der Waals surface area contributed by atoms with Gasteiger partial charge in [0.1, 0.15) is 5.69 Å². The Bertz CT molecular complexity index is 557. The first-order valence-corrected chi connectivity index (χ1v) is 7.26. The van der Waals surface area contributed by atoms with Gasteiger partial charge in [-0.1, -0.05) is 11.6 Å². The summed E-state index contributed by atoms with van der Waals surface area (Å²) in [6.45, 7) is 7.67. The van der Waals surface area contributed by atoms with Crippen LogP contribution < -0.4 is 10.9 Å². The number of nitrogens with zero attached hydrogens (tertiary/aromatic N) is 2. The van der Waals surface area contributed by atoms with E-state index in [1.807, 2.05) is 13.8 Å². The fraction of sp³-hybridized carbons (Fsp3) is 0.714. The van der Waals surface area contributed by atoms with Crippen molar-refractivity contribution in [2.24, 2.45) is 5.92 Å². The van der Waals surface area contributed by atoms with Crippen molar-refractivity contribution in [1.82, 2.24) is 9.78 Å². The van der Waals surface area contributed by atoms with Gasteiger partial charge in [0.2, 0.25) is 0 Å². The first-order chi connectivity index (χ1) is 9.12. The summed E-state index contributed by atoms with van der Waals surface area (Å²) in [6, 6.07) is 0. The van der Waals surface area contributed by atoms with Crippen molar-refractivity contribution >= 4 is 17.3 Å². The van der Waals surface area contributed by atoms with Gasteiger partial charge >= 0.3 is 0 Å². The standard InChI is InChI=1S/C14H22ClN3O2/c1-13(2,14(3,4)20)17-11-10(15)7-16-18(12(11)19)8-9-5-6-9/h7,9,17,20H,5-6,8H2,1-4H3. The Balaban J connectivity index is 2.33. The quantitative estimate of drug-likeness (QED) is 0.875. The maximum atomic E-state index is 12.4. The van der Waals surface area contributed by atoms with Gasteiger partial charge in [-0.2, -0.15) is 5.10 Å². The molecule has 1 aliphatic rings. The normalized spacial score (nSPS) is 16.3. The van der Waals surface area contributed by atoms with E-state index in [2.05, 4.69) is 10.4 Å². The van der Waals surface area contributed by atoms with Crippen LogP contribution in [0.1, 0.15) is 40.5 Å². The molecule has 1 fully saturated rings. The molecule has 0 atom stereocenters. The van der Waals surface area contributed by atoms with Crippen LogP contribution in [0.2, 0.25) is 5.02 Å². The van der Waals surface area contributed by atoms with E-state index >= 15 is 0 Å². The van der Waals surface area contributed by atoms with Crippen LogP contribution in [0.4, 0.5) is 5.69 Å². The minimum absolute atomic E-state index is 0.235. The average Bonchev–Trinajstić information content (AvgIpc) is 3.11. The van der Waals surface area contributed by atoms with E-state index in [0.29, 0.717) is 18.2 Å². The van der Waals surface area contributed by atoms with Gasteiger partial charge in [-0.25, -0.2) is 4.68 Å². The first kappa shape index (κ1) is 15.3. The van der Waals surface area contributed by atoms with Gasteiger partial charge in [0.15, 0.2) is 0 Å². The van der Waals surface area contributed by atoms with Crippen molar-refractivity contribution in [1.29, 1.82) is 0 Å². The van der Waals surface area contributed by atoms with E-state index < -0.39 is 11.1 Å². The van der Waals surface area contributed by atoms with E-state index in [4.69, 9.17) is 11.6 Å². The lowest BCUT2D eigenvalue weighted by atomic mass is 9.86. The minimum atomic E-state index is -1.01. The number of hydrogen-bond donors (Lipinski definition) is 2. The Labute approximate surface area is 124 Å². The summed E-state index contributed by atoms with van der Waals surface area (Å²) in [7, 11) is 0. The summed E-state index contributed by atoms with van der Waals surface area (Å²) in [4.78, 5) is 12.4. The molecule has 1 aliphatic carbocycles. The van der Waals surface area contributed by atoms with E-state index in [1.54, 1.807) is 13.8 Å². The van der Waals surface area contributed by atoms with Crippen molar-refractivity contribution in [3.05, 3.63) is 21.6 Å². The number of halogens is 1. The molecule has 0 spiro atoms. The minimum Gasteiger partial charge on any atom is -0.388 e. The Hall–Kier alpha value is -1.07. The number of aromatic nitrogens is 2. The zero-order valence-electron chi connectivity index (χ0n) is 12.4. The zero-order valence-corrected chi connectivity index (χ0v) is 13.2. The predicted molar refractivity (Wildman–Crippen MR) is 80.2 cm³/mol. The van der Waals surface area contributed by atoms with Gasteiger partial charge in [0.05, 0.1) is 22.4 Å². The van der Waals surface area contributed by atoms with Crippen molar-refractivity contribution in [3.8, 4) is 0 Å². The molecule has 1 aromatic rings. The first-order valence-electron chi connectivity index (χ1n) is 6.88. The topological polar surface area (TPSA) is 67.2 Å². The Morgan fingerprint density at radius 3 is 2.55 bits per heavy atom. The molecule has 2 rings (SSSR count). The van der Waals surface area contributed by atoms with E-state index in [1.165, 1.54) is 10.9 Å². The van der Waals surface area contributed by atoms with Crippen molar-refractivity contribution < 1.29 is 5.11 Å². The Morgan fingerprint density at radius 1 is 1.45 bits per heavy atom. The average molecular weight is 300 g/mol. The van der Waals surface area contributed by atoms with Gasteiger partial charge < -0.3 is 10.4 Å². The summed E-state index contributed by atoms with van der Waals surface area (Å²) in [5.74, 6) is 0.552. The highest BCUT2D eigenvalue weighted by atomic mass is 35.5. The highest BCUT2D eigenvalue weighted by Crippen LogP contribution is 2.31. The molecular formula is C14H22ClN3O2. The molecular weight excluding hydrogens is 278 g/mol. The van der Waals surface area contributed by atoms with Crippen molar-refractivity contribution in [2.75, 3.05) is 5.32 Å². The summed E-state index contributed by atoms with van der Waals surface area (Å²) in [6.07, 6.45) is 3.78. The van der Waals surface area contributed by atoms with Gasteiger partial charge in [0.25, 0.3) is 5.56 Å². The Morgan fingerprint density at radius 2 is 2.05 bits per heavy atom. The van der Waals surface area contributed by atoms with Crippen LogP contribution in [0.15, 0.2) is 11.0 Å². The molecule has 6 heteroatoms. The molecule has 20 heavy (non-hydrogen) atoms. The van der Waals surface area contributed by atoms with Crippen LogP contribution in [-0.4, -0.2) is 26.0 Å². The summed E-state index contributed by atoms with van der Waals surface area (Å²) in [5, 5.41) is 17.6. The van der Waals surface area contributed by atoms with Gasteiger partial charge in [0, 0.05) is 6.54 Å². The molecule has 2 N–H and O–H groups in total. The highest BCUT2D eigenvalue weighted by Gasteiger charge is 2.36. The van der Waals surface area contributed by atoms with Crippen LogP contribution in [0.25, 0.3) is 0 Å². The summed E-state index contributed by atoms with van der Waals surface area (Å²) >= 11 is 6.09. The number of anilines is 1. The number of rotatable bonds is 5. The molecule has 0 aliphatic heterocycles. The van der Waals surface area contributed by atoms with E-state index in [9.17, 15) is 9.90 Å². The summed E-state index contributed by atoms with van der Waals surface area (Å²) < 4.78 is 1.45. The third kappa shape index (κ3) is 3.15. The molecule has 1 heterocycles. The third-order valence-corrected chi connectivity index (χ3v) is 4.38. The van der Waals surface area contributed by atoms with Crippen LogP contribution in [0.3, 0.4) is 0 Å². The fourth-order valence-corrected chi connectivity index (χ4v) is 1.89. The van der Waals surface area contributed by atoms with Gasteiger partial charge in [-0.3, -0.25) is 4.79 Å². The Kier molecular flexibility index (Phi) is 3.86. The molecule has 0 radical (unpaired) electrons. The number of aliphatic hydroxyl groups is 1. The molecule has 112 valence electrons. The smallest absolute Gasteiger partial charge is 0.291 e. The molecule has 0 amide bonds. The predicted octanol–water partition coefficient (Wildman–Crippen LogP) is 2.27. The van der Waals surface area contributed by atoms with Crippen molar-refractivity contribution in [3.63, 3.8) is 0 Å². The number of nitrogens with one attached hydrogen (secondary N) is 1. The second-order valence-electron chi connectivity index (χ2n) is 6.61. The van der Waals surface area contributed by atoms with E-state index in [0.717, 1.165) is 12.8 Å². The third-order valence-electron chi connectivity index (χ3n) is 4.09. The zero-order chi connectivity index (χ0) is 15.1. The van der Waals surface area contributed by atoms with Crippen LogP contribution in [0.5, 0.6) is 0 Å². The highest BCUT2D eigenvalue weighted by molar-refractivity contribution is 6.33. The number of hydrogen-bond acceptors (Lipinski definition) is 4.